The van der Waals surface area contributed by atoms with E-state index < -0.39 is 5.63 Å². The van der Waals surface area contributed by atoms with Gasteiger partial charge in [0.2, 0.25) is 0 Å². The number of piperidine rings is 1. The molecule has 0 aliphatic carbocycles. The number of rotatable bonds is 3. The van der Waals surface area contributed by atoms with Crippen LogP contribution in [0.4, 0.5) is 4.79 Å². The smallest absolute Gasteiger partial charge is 0.410 e. The fraction of sp³-hybridized carbons (Fsp3) is 0.632. The highest BCUT2D eigenvalue weighted by Gasteiger charge is 2.34. The number of carbonyl (C=O) groups excluding carboxylic acids is 2. The Morgan fingerprint density at radius 2 is 1.89 bits per heavy atom. The second kappa shape index (κ2) is 7.34. The van der Waals surface area contributed by atoms with Crippen LogP contribution in [-0.2, 0) is 9.47 Å². The number of amides is 2. The highest BCUT2D eigenvalue weighted by atomic mass is 16.6. The summed E-state index contributed by atoms with van der Waals surface area (Å²) in [6.07, 6.45) is 2.64. The standard InChI is InChI=1S/C19H24N2O6/c1-12-11-15(14-3-2-9-25-14)27-18(23)16(12)17(22)20-6-4-13(5-7-20)21-8-10-26-19(21)24/h11,13-14H,2-10H2,1H3. The Bertz CT molecular complexity index is 790. The number of aryl methyl sites for hydroxylation is 1. The molecular weight excluding hydrogens is 352 g/mol. The Kier molecular flexibility index (Phi) is 4.90. The number of hydrogen-bond donors (Lipinski definition) is 0. The van der Waals surface area contributed by atoms with Gasteiger partial charge in [-0.1, -0.05) is 0 Å². The fourth-order valence-corrected chi connectivity index (χ4v) is 4.13. The molecule has 0 N–H and O–H groups in total. The van der Waals surface area contributed by atoms with Gasteiger partial charge in [-0.15, -0.1) is 0 Å². The molecule has 1 aromatic heterocycles. The third-order valence-electron chi connectivity index (χ3n) is 5.61. The van der Waals surface area contributed by atoms with E-state index in [2.05, 4.69) is 0 Å². The van der Waals surface area contributed by atoms with E-state index in [0.717, 1.165) is 12.8 Å². The first kappa shape index (κ1) is 18.0. The first-order valence-electron chi connectivity index (χ1n) is 9.53. The van der Waals surface area contributed by atoms with E-state index in [-0.39, 0.29) is 29.7 Å². The predicted octanol–water partition coefficient (Wildman–Crippen LogP) is 1.86. The third-order valence-corrected chi connectivity index (χ3v) is 5.61. The molecule has 4 rings (SSSR count). The van der Waals surface area contributed by atoms with Gasteiger partial charge in [-0.05, 0) is 44.2 Å². The maximum Gasteiger partial charge on any atom is 0.410 e. The number of likely N-dealkylation sites (tertiary alicyclic amines) is 1. The molecule has 27 heavy (non-hydrogen) atoms. The minimum Gasteiger partial charge on any atom is -0.448 e. The maximum absolute atomic E-state index is 12.9. The summed E-state index contributed by atoms with van der Waals surface area (Å²) < 4.78 is 16.0. The summed E-state index contributed by atoms with van der Waals surface area (Å²) in [5.74, 6) is 0.195. The molecule has 1 aromatic rings. The Hall–Kier alpha value is -2.35. The highest BCUT2D eigenvalue weighted by Crippen LogP contribution is 2.29. The topological polar surface area (TPSA) is 89.3 Å². The summed E-state index contributed by atoms with van der Waals surface area (Å²) in [7, 11) is 0. The lowest BCUT2D eigenvalue weighted by Gasteiger charge is -2.35. The highest BCUT2D eigenvalue weighted by molar-refractivity contribution is 5.95. The van der Waals surface area contributed by atoms with Crippen LogP contribution in [-0.4, -0.2) is 60.7 Å². The second-order valence-corrected chi connectivity index (χ2v) is 7.33. The van der Waals surface area contributed by atoms with Crippen LogP contribution in [0.15, 0.2) is 15.3 Å². The predicted molar refractivity (Wildman–Crippen MR) is 94.6 cm³/mol. The largest absolute Gasteiger partial charge is 0.448 e. The summed E-state index contributed by atoms with van der Waals surface area (Å²) in [4.78, 5) is 40.5. The van der Waals surface area contributed by atoms with Crippen molar-refractivity contribution >= 4 is 12.0 Å². The minimum absolute atomic E-state index is 0.0865. The monoisotopic (exact) mass is 376 g/mol. The summed E-state index contributed by atoms with van der Waals surface area (Å²) >= 11 is 0. The van der Waals surface area contributed by atoms with Gasteiger partial charge >= 0.3 is 11.7 Å². The molecular formula is C19H24N2O6. The lowest BCUT2D eigenvalue weighted by atomic mass is 10.0. The molecule has 146 valence electrons. The molecule has 3 aliphatic rings. The van der Waals surface area contributed by atoms with Gasteiger partial charge in [-0.2, -0.15) is 0 Å². The van der Waals surface area contributed by atoms with Crippen LogP contribution in [0.5, 0.6) is 0 Å². The van der Waals surface area contributed by atoms with Crippen LogP contribution in [0.1, 0.15) is 53.5 Å². The van der Waals surface area contributed by atoms with Gasteiger partial charge in [0.15, 0.2) is 0 Å². The maximum atomic E-state index is 12.9. The van der Waals surface area contributed by atoms with Crippen molar-refractivity contribution in [1.29, 1.82) is 0 Å². The van der Waals surface area contributed by atoms with E-state index in [1.54, 1.807) is 22.8 Å². The molecule has 1 unspecified atom stereocenters. The van der Waals surface area contributed by atoms with Gasteiger partial charge in [-0.25, -0.2) is 9.59 Å². The molecule has 3 saturated heterocycles. The van der Waals surface area contributed by atoms with E-state index >= 15 is 0 Å². The Morgan fingerprint density at radius 1 is 1.11 bits per heavy atom. The average Bonchev–Trinajstić information content (AvgIpc) is 3.33. The van der Waals surface area contributed by atoms with E-state index in [4.69, 9.17) is 13.9 Å². The Morgan fingerprint density at radius 3 is 2.48 bits per heavy atom. The lowest BCUT2D eigenvalue weighted by Crippen LogP contribution is -2.47. The van der Waals surface area contributed by atoms with Crippen LogP contribution < -0.4 is 5.63 Å². The zero-order valence-electron chi connectivity index (χ0n) is 15.4. The van der Waals surface area contributed by atoms with Gasteiger partial charge in [0.05, 0.1) is 6.54 Å². The molecule has 0 aromatic carbocycles. The van der Waals surface area contributed by atoms with Crippen molar-refractivity contribution in [2.24, 2.45) is 0 Å². The van der Waals surface area contributed by atoms with Crippen molar-refractivity contribution in [3.8, 4) is 0 Å². The van der Waals surface area contributed by atoms with E-state index in [1.807, 2.05) is 0 Å². The summed E-state index contributed by atoms with van der Waals surface area (Å²) in [6, 6.07) is 1.83. The van der Waals surface area contributed by atoms with Gasteiger partial charge in [0, 0.05) is 25.7 Å². The van der Waals surface area contributed by atoms with Crippen molar-refractivity contribution in [2.75, 3.05) is 32.8 Å². The first-order valence-corrected chi connectivity index (χ1v) is 9.53. The van der Waals surface area contributed by atoms with Gasteiger partial charge < -0.3 is 23.7 Å². The molecule has 0 spiro atoms. The van der Waals surface area contributed by atoms with Gasteiger partial charge in [0.1, 0.15) is 24.0 Å². The summed E-state index contributed by atoms with van der Waals surface area (Å²) in [5.41, 5.74) is 0.110. The Labute approximate surface area is 157 Å². The van der Waals surface area contributed by atoms with E-state index in [1.165, 1.54) is 0 Å². The molecule has 2 amide bonds. The fourth-order valence-electron chi connectivity index (χ4n) is 4.13. The molecule has 8 heteroatoms. The zero-order chi connectivity index (χ0) is 19.0. The first-order chi connectivity index (χ1) is 13.0. The molecule has 4 heterocycles. The quantitative estimate of drug-likeness (QED) is 0.800. The second-order valence-electron chi connectivity index (χ2n) is 7.33. The van der Waals surface area contributed by atoms with Crippen LogP contribution in [0.2, 0.25) is 0 Å². The molecule has 1 atom stereocenters. The van der Waals surface area contributed by atoms with Crippen LogP contribution in [0, 0.1) is 6.92 Å². The Balaban J connectivity index is 1.45. The van der Waals surface area contributed by atoms with Crippen molar-refractivity contribution in [3.63, 3.8) is 0 Å². The van der Waals surface area contributed by atoms with Crippen LogP contribution in [0.25, 0.3) is 0 Å². The summed E-state index contributed by atoms with van der Waals surface area (Å²) in [6.45, 7) is 4.45. The van der Waals surface area contributed by atoms with Crippen LogP contribution >= 0.6 is 0 Å². The van der Waals surface area contributed by atoms with Crippen molar-refractivity contribution in [2.45, 2.75) is 44.8 Å². The molecule has 3 fully saturated rings. The number of hydrogen-bond acceptors (Lipinski definition) is 6. The average molecular weight is 376 g/mol. The summed E-state index contributed by atoms with van der Waals surface area (Å²) in [5, 5.41) is 0. The third kappa shape index (κ3) is 3.45. The molecule has 0 saturated carbocycles. The van der Waals surface area contributed by atoms with Gasteiger partial charge in [-0.3, -0.25) is 4.79 Å². The van der Waals surface area contributed by atoms with Crippen molar-refractivity contribution < 1.29 is 23.5 Å². The van der Waals surface area contributed by atoms with E-state index in [0.29, 0.717) is 57.0 Å². The molecule has 0 bridgehead atoms. The number of cyclic esters (lactones) is 1. The van der Waals surface area contributed by atoms with Crippen LogP contribution in [0.3, 0.4) is 0 Å². The molecule has 0 radical (unpaired) electrons. The zero-order valence-corrected chi connectivity index (χ0v) is 15.4. The van der Waals surface area contributed by atoms with E-state index in [9.17, 15) is 14.4 Å². The normalized spacial score (nSPS) is 23.7. The van der Waals surface area contributed by atoms with Gasteiger partial charge in [0.25, 0.3) is 5.91 Å². The molecule has 8 nitrogen and oxygen atoms in total. The number of ether oxygens (including phenoxy) is 2. The van der Waals surface area contributed by atoms with Crippen molar-refractivity contribution in [3.05, 3.63) is 33.4 Å². The number of nitrogens with zero attached hydrogens (tertiary/aromatic N) is 2. The lowest BCUT2D eigenvalue weighted by molar-refractivity contribution is 0.0647. The number of carbonyl (C=O) groups is 2. The molecule has 3 aliphatic heterocycles. The minimum atomic E-state index is -0.601. The van der Waals surface area contributed by atoms with Crippen molar-refractivity contribution in [1.82, 2.24) is 9.80 Å². The SMILES string of the molecule is Cc1cc(C2CCCO2)oc(=O)c1C(=O)N1CCC(N2CCOC2=O)CC1.